The van der Waals surface area contributed by atoms with E-state index in [0.717, 1.165) is 41.7 Å². The molecule has 3 heterocycles. The number of fused-ring (bicyclic) bond motifs is 1. The lowest BCUT2D eigenvalue weighted by Gasteiger charge is -2.12. The fraction of sp³-hybridized carbons (Fsp3) is 0.261. The second kappa shape index (κ2) is 8.12. The Hall–Kier alpha value is -3.45. The average Bonchev–Trinajstić information content (AvgIpc) is 3.41. The molecular formula is C23H24N6O. The maximum Gasteiger partial charge on any atom is 0.225 e. The minimum atomic E-state index is 0.199. The van der Waals surface area contributed by atoms with Crippen LogP contribution in [0.2, 0.25) is 0 Å². The number of aromatic nitrogens is 4. The van der Waals surface area contributed by atoms with Crippen molar-refractivity contribution >= 4 is 22.8 Å². The zero-order chi connectivity index (χ0) is 20.3. The van der Waals surface area contributed by atoms with Crippen molar-refractivity contribution in [3.05, 3.63) is 66.2 Å². The van der Waals surface area contributed by atoms with Crippen LogP contribution in [-0.4, -0.2) is 39.0 Å². The lowest BCUT2D eigenvalue weighted by atomic mass is 10.1. The van der Waals surface area contributed by atoms with Gasteiger partial charge in [0.05, 0.1) is 23.7 Å². The molecular weight excluding hydrogens is 376 g/mol. The molecule has 1 atom stereocenters. The molecule has 0 radical (unpaired) electrons. The van der Waals surface area contributed by atoms with Crippen molar-refractivity contribution in [1.29, 1.82) is 0 Å². The fourth-order valence-electron chi connectivity index (χ4n) is 3.83. The minimum Gasteiger partial charge on any atom is -0.383 e. The average molecular weight is 400 g/mol. The summed E-state index contributed by atoms with van der Waals surface area (Å²) in [6.45, 7) is 2.08. The first-order valence-corrected chi connectivity index (χ1v) is 10.3. The highest BCUT2D eigenvalue weighted by molar-refractivity contribution is 5.98. The highest BCUT2D eigenvalue weighted by Gasteiger charge is 2.20. The van der Waals surface area contributed by atoms with Gasteiger partial charge in [-0.25, -0.2) is 9.67 Å². The fourth-order valence-corrected chi connectivity index (χ4v) is 3.83. The summed E-state index contributed by atoms with van der Waals surface area (Å²) in [7, 11) is 0. The van der Waals surface area contributed by atoms with E-state index in [2.05, 4.69) is 22.4 Å². The number of nitrogen functional groups attached to an aromatic ring is 1. The smallest absolute Gasteiger partial charge is 0.225 e. The molecule has 30 heavy (non-hydrogen) atoms. The molecule has 3 N–H and O–H groups in total. The van der Waals surface area contributed by atoms with E-state index < -0.39 is 0 Å². The van der Waals surface area contributed by atoms with Gasteiger partial charge in [0.2, 0.25) is 5.95 Å². The van der Waals surface area contributed by atoms with E-state index in [9.17, 15) is 0 Å². The number of benzene rings is 2. The van der Waals surface area contributed by atoms with E-state index in [0.29, 0.717) is 30.5 Å². The van der Waals surface area contributed by atoms with Crippen molar-refractivity contribution < 1.29 is 4.74 Å². The third kappa shape index (κ3) is 3.71. The van der Waals surface area contributed by atoms with Gasteiger partial charge in [-0.05, 0) is 18.4 Å². The van der Waals surface area contributed by atoms with Crippen LogP contribution in [0.3, 0.4) is 0 Å². The van der Waals surface area contributed by atoms with Gasteiger partial charge in [0, 0.05) is 18.7 Å². The molecule has 2 aromatic heterocycles. The number of ether oxygens (including phenoxy) is 1. The van der Waals surface area contributed by atoms with Crippen LogP contribution in [0.1, 0.15) is 18.4 Å². The number of rotatable bonds is 6. The first-order valence-electron chi connectivity index (χ1n) is 10.3. The number of nitrogens with two attached hydrogens (primary N) is 1. The SMILES string of the molecule is Nc1c2c(-c3ccccc3)nc(NCC3CCCO3)nc2nn1Cc1ccccc1. The number of hydrogen-bond acceptors (Lipinski definition) is 6. The minimum absolute atomic E-state index is 0.199. The molecule has 7 nitrogen and oxygen atoms in total. The van der Waals surface area contributed by atoms with Crippen LogP contribution in [0, 0.1) is 0 Å². The van der Waals surface area contributed by atoms with Crippen molar-refractivity contribution in [2.75, 3.05) is 24.2 Å². The van der Waals surface area contributed by atoms with Gasteiger partial charge in [-0.3, -0.25) is 0 Å². The summed E-state index contributed by atoms with van der Waals surface area (Å²) < 4.78 is 7.51. The van der Waals surface area contributed by atoms with Crippen LogP contribution in [0.4, 0.5) is 11.8 Å². The molecule has 0 aliphatic carbocycles. The number of anilines is 2. The predicted octanol–water partition coefficient (Wildman–Crippen LogP) is 3.71. The molecule has 5 rings (SSSR count). The summed E-state index contributed by atoms with van der Waals surface area (Å²) in [5.74, 6) is 1.11. The molecule has 0 spiro atoms. The number of hydrogen-bond donors (Lipinski definition) is 2. The maximum absolute atomic E-state index is 6.53. The van der Waals surface area contributed by atoms with Crippen molar-refractivity contribution in [2.45, 2.75) is 25.5 Å². The Morgan fingerprint density at radius 3 is 2.53 bits per heavy atom. The van der Waals surface area contributed by atoms with Crippen molar-refractivity contribution in [3.63, 3.8) is 0 Å². The molecule has 0 saturated carbocycles. The number of nitrogens with one attached hydrogen (secondary N) is 1. The second-order valence-electron chi connectivity index (χ2n) is 7.50. The van der Waals surface area contributed by atoms with Crippen LogP contribution in [0.5, 0.6) is 0 Å². The van der Waals surface area contributed by atoms with Gasteiger partial charge in [0.25, 0.3) is 0 Å². The lowest BCUT2D eigenvalue weighted by molar-refractivity contribution is 0.120. The molecule has 1 saturated heterocycles. The van der Waals surface area contributed by atoms with E-state index in [1.807, 2.05) is 48.5 Å². The third-order valence-corrected chi connectivity index (χ3v) is 5.37. The van der Waals surface area contributed by atoms with Crippen molar-refractivity contribution in [1.82, 2.24) is 19.7 Å². The van der Waals surface area contributed by atoms with Gasteiger partial charge in [-0.2, -0.15) is 4.98 Å². The monoisotopic (exact) mass is 400 g/mol. The third-order valence-electron chi connectivity index (χ3n) is 5.37. The first-order chi connectivity index (χ1) is 14.8. The highest BCUT2D eigenvalue weighted by atomic mass is 16.5. The van der Waals surface area contributed by atoms with E-state index in [4.69, 9.17) is 20.6 Å². The molecule has 1 aliphatic rings. The van der Waals surface area contributed by atoms with Crippen LogP contribution < -0.4 is 11.1 Å². The number of nitrogens with zero attached hydrogens (tertiary/aromatic N) is 4. The molecule has 0 bridgehead atoms. The zero-order valence-corrected chi connectivity index (χ0v) is 16.7. The predicted molar refractivity (Wildman–Crippen MR) is 118 cm³/mol. The Morgan fingerprint density at radius 2 is 1.80 bits per heavy atom. The van der Waals surface area contributed by atoms with E-state index in [1.165, 1.54) is 0 Å². The van der Waals surface area contributed by atoms with E-state index >= 15 is 0 Å². The molecule has 4 aromatic rings. The molecule has 7 heteroatoms. The van der Waals surface area contributed by atoms with Crippen LogP contribution in [0.15, 0.2) is 60.7 Å². The quantitative estimate of drug-likeness (QED) is 0.513. The molecule has 1 fully saturated rings. The van der Waals surface area contributed by atoms with Gasteiger partial charge in [-0.1, -0.05) is 60.7 Å². The lowest BCUT2D eigenvalue weighted by Crippen LogP contribution is -2.19. The largest absolute Gasteiger partial charge is 0.383 e. The van der Waals surface area contributed by atoms with E-state index in [1.54, 1.807) is 4.68 Å². The Balaban J connectivity index is 1.56. The summed E-state index contributed by atoms with van der Waals surface area (Å²) in [5.41, 5.74) is 10.0. The van der Waals surface area contributed by atoms with Gasteiger partial charge < -0.3 is 15.8 Å². The molecule has 0 amide bonds. The van der Waals surface area contributed by atoms with Gasteiger partial charge in [-0.15, -0.1) is 5.10 Å². The molecule has 152 valence electrons. The van der Waals surface area contributed by atoms with Gasteiger partial charge in [0.15, 0.2) is 5.65 Å². The second-order valence-corrected chi connectivity index (χ2v) is 7.50. The van der Waals surface area contributed by atoms with Crippen LogP contribution >= 0.6 is 0 Å². The van der Waals surface area contributed by atoms with Crippen LogP contribution in [-0.2, 0) is 11.3 Å². The molecule has 1 aliphatic heterocycles. The van der Waals surface area contributed by atoms with Crippen molar-refractivity contribution in [3.8, 4) is 11.3 Å². The van der Waals surface area contributed by atoms with Gasteiger partial charge >= 0.3 is 0 Å². The standard InChI is InChI=1S/C23H24N6O/c24-21-19-20(17-10-5-2-6-11-17)26-23(25-14-18-12-7-13-30-18)27-22(19)28-29(21)15-16-8-3-1-4-9-16/h1-6,8-11,18H,7,12-15,24H2,(H,25,27,28). The summed E-state index contributed by atoms with van der Waals surface area (Å²) in [6, 6.07) is 20.2. The summed E-state index contributed by atoms with van der Waals surface area (Å²) in [4.78, 5) is 9.46. The first kappa shape index (κ1) is 18.6. The molecule has 2 aromatic carbocycles. The van der Waals surface area contributed by atoms with Crippen LogP contribution in [0.25, 0.3) is 22.3 Å². The Bertz CT molecular complexity index is 1140. The normalized spacial score (nSPS) is 16.2. The Kier molecular flexibility index (Phi) is 5.03. The Labute approximate surface area is 174 Å². The van der Waals surface area contributed by atoms with Gasteiger partial charge in [0.1, 0.15) is 5.82 Å². The highest BCUT2D eigenvalue weighted by Crippen LogP contribution is 2.31. The maximum atomic E-state index is 6.53. The van der Waals surface area contributed by atoms with E-state index in [-0.39, 0.29) is 6.10 Å². The zero-order valence-electron chi connectivity index (χ0n) is 16.7. The van der Waals surface area contributed by atoms with Crippen molar-refractivity contribution in [2.24, 2.45) is 0 Å². The Morgan fingerprint density at radius 1 is 1.03 bits per heavy atom. The summed E-state index contributed by atoms with van der Waals surface area (Å²) >= 11 is 0. The summed E-state index contributed by atoms with van der Waals surface area (Å²) in [5, 5.41) is 8.81. The summed E-state index contributed by atoms with van der Waals surface area (Å²) in [6.07, 6.45) is 2.35. The molecule has 1 unspecified atom stereocenters. The topological polar surface area (TPSA) is 90.9 Å².